The first-order valence-corrected chi connectivity index (χ1v) is 4.63. The summed E-state index contributed by atoms with van der Waals surface area (Å²) in [6.45, 7) is 6.09. The summed E-state index contributed by atoms with van der Waals surface area (Å²) in [7, 11) is 0. The lowest BCUT2D eigenvalue weighted by atomic mass is 10.4. The van der Waals surface area contributed by atoms with Gasteiger partial charge in [-0.05, 0) is 20.8 Å². The van der Waals surface area contributed by atoms with Crippen LogP contribution in [0.3, 0.4) is 0 Å². The summed E-state index contributed by atoms with van der Waals surface area (Å²) in [5.74, 6) is 0.770. The van der Waals surface area contributed by atoms with Gasteiger partial charge < -0.3 is 5.73 Å². The molecule has 0 spiro atoms. The lowest BCUT2D eigenvalue weighted by molar-refractivity contribution is 1.12. The molecule has 0 aliphatic carbocycles. The van der Waals surface area contributed by atoms with Gasteiger partial charge in [0.2, 0.25) is 0 Å². The Bertz CT molecular complexity index is 401. The van der Waals surface area contributed by atoms with Crippen molar-refractivity contribution in [2.75, 3.05) is 5.73 Å². The van der Waals surface area contributed by atoms with Gasteiger partial charge in [-0.1, -0.05) is 0 Å². The van der Waals surface area contributed by atoms with E-state index >= 15 is 0 Å². The summed E-state index contributed by atoms with van der Waals surface area (Å²) in [5, 5.41) is 0. The zero-order valence-electron chi connectivity index (χ0n) is 7.38. The molecule has 0 aromatic carbocycles. The van der Waals surface area contributed by atoms with E-state index in [-0.39, 0.29) is 0 Å². The normalized spacial score (nSPS) is 11.2. The minimum Gasteiger partial charge on any atom is -0.383 e. The third kappa shape index (κ3) is 0.783. The molecule has 0 saturated carbocycles. The first kappa shape index (κ1) is 7.61. The zero-order valence-corrected chi connectivity index (χ0v) is 8.20. The highest BCUT2D eigenvalue weighted by molar-refractivity contribution is 7.17. The number of anilines is 1. The van der Waals surface area contributed by atoms with Crippen molar-refractivity contribution in [2.45, 2.75) is 20.8 Å². The van der Waals surface area contributed by atoms with Crippen LogP contribution in [0, 0.1) is 20.8 Å². The van der Waals surface area contributed by atoms with Crippen LogP contribution in [0.4, 0.5) is 5.82 Å². The summed E-state index contributed by atoms with van der Waals surface area (Å²) in [6, 6.07) is 0. The maximum atomic E-state index is 5.86. The molecule has 4 heteroatoms. The third-order valence-electron chi connectivity index (χ3n) is 2.16. The number of nitrogens with zero attached hydrogens (tertiary/aromatic N) is 2. The highest BCUT2D eigenvalue weighted by Gasteiger charge is 2.11. The van der Waals surface area contributed by atoms with Crippen molar-refractivity contribution in [3.8, 4) is 0 Å². The maximum absolute atomic E-state index is 5.86. The molecular weight excluding hydrogens is 170 g/mol. The number of nitrogen functional groups attached to an aromatic ring is 1. The molecule has 3 nitrogen and oxygen atoms in total. The topological polar surface area (TPSA) is 43.3 Å². The zero-order chi connectivity index (χ0) is 8.88. The van der Waals surface area contributed by atoms with Crippen LogP contribution >= 0.6 is 11.3 Å². The number of hydrogen-bond acceptors (Lipinski definition) is 3. The predicted molar refractivity (Wildman–Crippen MR) is 51.7 cm³/mol. The second-order valence-corrected chi connectivity index (χ2v) is 4.13. The first-order valence-electron chi connectivity index (χ1n) is 3.81. The van der Waals surface area contributed by atoms with Gasteiger partial charge in [0.1, 0.15) is 5.82 Å². The van der Waals surface area contributed by atoms with Crippen LogP contribution in [-0.4, -0.2) is 9.38 Å². The molecule has 2 aromatic heterocycles. The lowest BCUT2D eigenvalue weighted by Crippen LogP contribution is -1.94. The molecule has 0 saturated heterocycles. The average Bonchev–Trinajstić information content (AvgIpc) is 2.40. The van der Waals surface area contributed by atoms with Crippen LogP contribution in [0.25, 0.3) is 4.96 Å². The molecule has 0 radical (unpaired) electrons. The highest BCUT2D eigenvalue weighted by Crippen LogP contribution is 2.25. The van der Waals surface area contributed by atoms with Crippen LogP contribution in [0.1, 0.15) is 16.3 Å². The van der Waals surface area contributed by atoms with Crippen molar-refractivity contribution in [3.63, 3.8) is 0 Å². The SMILES string of the molecule is Cc1nc2sc(C)c(C)n2c1N. The van der Waals surface area contributed by atoms with E-state index in [1.807, 2.05) is 11.3 Å². The molecule has 0 bridgehead atoms. The molecule has 12 heavy (non-hydrogen) atoms. The van der Waals surface area contributed by atoms with Gasteiger partial charge in [-0.25, -0.2) is 4.98 Å². The standard InChI is InChI=1S/C8H11N3S/c1-4-7(9)11-5(2)6(3)12-8(11)10-4/h9H2,1-3H3. The number of thiazole rings is 1. The molecule has 2 N–H and O–H groups in total. The minimum atomic E-state index is 0.770. The molecule has 0 aliphatic rings. The summed E-state index contributed by atoms with van der Waals surface area (Å²) >= 11 is 1.69. The van der Waals surface area contributed by atoms with Crippen molar-refractivity contribution < 1.29 is 0 Å². The number of hydrogen-bond donors (Lipinski definition) is 1. The van der Waals surface area contributed by atoms with E-state index < -0.39 is 0 Å². The van der Waals surface area contributed by atoms with Gasteiger partial charge >= 0.3 is 0 Å². The molecule has 2 heterocycles. The molecule has 0 amide bonds. The minimum absolute atomic E-state index is 0.770. The average molecular weight is 181 g/mol. The smallest absolute Gasteiger partial charge is 0.196 e. The number of aryl methyl sites for hydroxylation is 3. The highest BCUT2D eigenvalue weighted by atomic mass is 32.1. The van der Waals surface area contributed by atoms with E-state index in [2.05, 4.69) is 18.8 Å². The Kier molecular flexibility index (Phi) is 1.41. The predicted octanol–water partition coefficient (Wildman–Crippen LogP) is 1.90. The van der Waals surface area contributed by atoms with E-state index in [9.17, 15) is 0 Å². The van der Waals surface area contributed by atoms with Gasteiger partial charge in [-0.2, -0.15) is 0 Å². The summed E-state index contributed by atoms with van der Waals surface area (Å²) in [4.78, 5) is 6.63. The first-order chi connectivity index (χ1) is 5.61. The van der Waals surface area contributed by atoms with Crippen LogP contribution in [0.15, 0.2) is 0 Å². The quantitative estimate of drug-likeness (QED) is 0.674. The Labute approximate surface area is 74.8 Å². The number of rotatable bonds is 0. The fourth-order valence-corrected chi connectivity index (χ4v) is 2.30. The van der Waals surface area contributed by atoms with E-state index in [0.29, 0.717) is 0 Å². The number of fused-ring (bicyclic) bond motifs is 1. The summed E-state index contributed by atoms with van der Waals surface area (Å²) in [6.07, 6.45) is 0. The fraction of sp³-hybridized carbons (Fsp3) is 0.375. The molecule has 2 rings (SSSR count). The van der Waals surface area contributed by atoms with Crippen LogP contribution in [0.2, 0.25) is 0 Å². The number of nitrogens with two attached hydrogens (primary N) is 1. The second kappa shape index (κ2) is 2.23. The lowest BCUT2D eigenvalue weighted by Gasteiger charge is -1.94. The van der Waals surface area contributed by atoms with Crippen LogP contribution in [0.5, 0.6) is 0 Å². The van der Waals surface area contributed by atoms with Gasteiger partial charge in [0.05, 0.1) is 5.69 Å². The van der Waals surface area contributed by atoms with Gasteiger partial charge in [0.15, 0.2) is 4.96 Å². The molecule has 0 atom stereocenters. The maximum Gasteiger partial charge on any atom is 0.196 e. The van der Waals surface area contributed by atoms with Crippen molar-refractivity contribution in [3.05, 3.63) is 16.3 Å². The van der Waals surface area contributed by atoms with E-state index in [4.69, 9.17) is 5.73 Å². The molecule has 0 unspecified atom stereocenters. The monoisotopic (exact) mass is 181 g/mol. The number of aromatic nitrogens is 2. The summed E-state index contributed by atoms with van der Waals surface area (Å²) in [5.41, 5.74) is 7.98. The fourth-order valence-electron chi connectivity index (χ4n) is 1.28. The van der Waals surface area contributed by atoms with E-state index in [1.54, 1.807) is 11.3 Å². The Morgan fingerprint density at radius 3 is 2.58 bits per heavy atom. The van der Waals surface area contributed by atoms with Gasteiger partial charge in [-0.15, -0.1) is 11.3 Å². The Hall–Kier alpha value is -1.03. The Morgan fingerprint density at radius 1 is 1.33 bits per heavy atom. The van der Waals surface area contributed by atoms with E-state index in [0.717, 1.165) is 16.5 Å². The van der Waals surface area contributed by atoms with Gasteiger partial charge in [0.25, 0.3) is 0 Å². The van der Waals surface area contributed by atoms with Gasteiger partial charge in [-0.3, -0.25) is 4.40 Å². The molecular formula is C8H11N3S. The number of imidazole rings is 1. The van der Waals surface area contributed by atoms with Crippen LogP contribution < -0.4 is 5.73 Å². The van der Waals surface area contributed by atoms with Crippen LogP contribution in [-0.2, 0) is 0 Å². The van der Waals surface area contributed by atoms with Gasteiger partial charge in [0, 0.05) is 10.6 Å². The largest absolute Gasteiger partial charge is 0.383 e. The summed E-state index contributed by atoms with van der Waals surface area (Å²) < 4.78 is 2.01. The van der Waals surface area contributed by atoms with Crippen molar-refractivity contribution >= 4 is 22.1 Å². The third-order valence-corrected chi connectivity index (χ3v) is 3.21. The molecule has 0 fully saturated rings. The Balaban J connectivity index is 2.94. The van der Waals surface area contributed by atoms with Crippen molar-refractivity contribution in [1.29, 1.82) is 0 Å². The second-order valence-electron chi connectivity index (χ2n) is 2.94. The Morgan fingerprint density at radius 2 is 2.00 bits per heavy atom. The van der Waals surface area contributed by atoms with Crippen molar-refractivity contribution in [1.82, 2.24) is 9.38 Å². The van der Waals surface area contributed by atoms with Crippen molar-refractivity contribution in [2.24, 2.45) is 0 Å². The van der Waals surface area contributed by atoms with E-state index in [1.165, 1.54) is 10.6 Å². The molecule has 64 valence electrons. The molecule has 0 aliphatic heterocycles. The molecule has 2 aromatic rings.